The van der Waals surface area contributed by atoms with E-state index in [4.69, 9.17) is 0 Å². The molecule has 2 heteroatoms. The standard InChI is InChI=1S/C30H26Si.2C4H9.Zr/c1-19-17-23-15-13-21-9-5-7-11-25(21)27(23)29(19)31(3,4)30-20(2)18-24-16-14-22-10-6-8-12-26(22)28(24)30;2*1-3-4-2;/h5-18H,1-4H3;2*1,3-4H2,2H3;/q-2;2*-1;+4. The van der Waals surface area contributed by atoms with Crippen molar-refractivity contribution in [3.8, 4) is 0 Å². The summed E-state index contributed by atoms with van der Waals surface area (Å²) in [7, 11) is -2.00. The van der Waals surface area contributed by atoms with Crippen LogP contribution in [0.1, 0.15) is 50.7 Å². The molecule has 6 aromatic carbocycles. The molecule has 0 radical (unpaired) electrons. The minimum Gasteiger partial charge on any atom is -0.343 e. The molecule has 0 nitrogen and oxygen atoms in total. The Balaban J connectivity index is 0.000000437. The van der Waals surface area contributed by atoms with Crippen LogP contribution in [0.3, 0.4) is 0 Å². The quantitative estimate of drug-likeness (QED) is 0.136. The average Bonchev–Trinajstić information content (AvgIpc) is 3.50. The van der Waals surface area contributed by atoms with Gasteiger partial charge >= 0.3 is 26.2 Å². The van der Waals surface area contributed by atoms with Gasteiger partial charge in [-0.2, -0.15) is 23.2 Å². The fourth-order valence-corrected chi connectivity index (χ4v) is 10.3. The van der Waals surface area contributed by atoms with Gasteiger partial charge in [-0.15, -0.1) is 56.9 Å². The second kappa shape index (κ2) is 14.1. The Labute approximate surface area is 262 Å². The van der Waals surface area contributed by atoms with Gasteiger partial charge in [0.15, 0.2) is 0 Å². The van der Waals surface area contributed by atoms with Gasteiger partial charge in [0.05, 0.1) is 0 Å². The number of rotatable bonds is 4. The third-order valence-corrected chi connectivity index (χ3v) is 11.7. The summed E-state index contributed by atoms with van der Waals surface area (Å²) in [5.41, 5.74) is 2.88. The summed E-state index contributed by atoms with van der Waals surface area (Å²) in [6.07, 6.45) is 4.56. The van der Waals surface area contributed by atoms with Crippen LogP contribution in [0.15, 0.2) is 84.9 Å². The van der Waals surface area contributed by atoms with Crippen LogP contribution in [0.2, 0.25) is 13.1 Å². The summed E-state index contributed by atoms with van der Waals surface area (Å²) in [6, 6.07) is 31.7. The molecule has 0 atom stereocenters. The number of fused-ring (bicyclic) bond motifs is 6. The van der Waals surface area contributed by atoms with Crippen LogP contribution in [0.25, 0.3) is 43.1 Å². The molecule has 0 aliphatic carbocycles. The number of hydrogen-bond acceptors (Lipinski definition) is 0. The minimum atomic E-state index is -2.00. The maximum Gasteiger partial charge on any atom is 4.00 e. The van der Waals surface area contributed by atoms with Gasteiger partial charge in [0.25, 0.3) is 0 Å². The molecule has 0 spiro atoms. The van der Waals surface area contributed by atoms with E-state index in [0.29, 0.717) is 0 Å². The fraction of sp³-hybridized carbons (Fsp3) is 0.263. The van der Waals surface area contributed by atoms with Crippen molar-refractivity contribution in [1.82, 2.24) is 0 Å². The zero-order valence-electron chi connectivity index (χ0n) is 25.3. The van der Waals surface area contributed by atoms with Crippen LogP contribution in [-0.2, 0) is 26.2 Å². The second-order valence-electron chi connectivity index (χ2n) is 11.2. The van der Waals surface area contributed by atoms with Crippen LogP contribution in [0.5, 0.6) is 0 Å². The molecule has 0 amide bonds. The number of hydrogen-bond donors (Lipinski definition) is 0. The predicted molar refractivity (Wildman–Crippen MR) is 181 cm³/mol. The largest absolute Gasteiger partial charge is 4.00 e. The van der Waals surface area contributed by atoms with Gasteiger partial charge in [-0.3, -0.25) is 0 Å². The van der Waals surface area contributed by atoms with Crippen LogP contribution < -0.4 is 10.4 Å². The van der Waals surface area contributed by atoms with Crippen molar-refractivity contribution < 1.29 is 26.2 Å². The third kappa shape index (κ3) is 6.14. The summed E-state index contributed by atoms with van der Waals surface area (Å²) in [4.78, 5) is 0. The fourth-order valence-electron chi connectivity index (χ4n) is 6.12. The van der Waals surface area contributed by atoms with E-state index in [1.54, 1.807) is 10.4 Å². The average molecular weight is 620 g/mol. The van der Waals surface area contributed by atoms with Crippen molar-refractivity contribution in [3.05, 3.63) is 110 Å². The van der Waals surface area contributed by atoms with Gasteiger partial charge < -0.3 is 13.8 Å². The van der Waals surface area contributed by atoms with Crippen molar-refractivity contribution in [2.75, 3.05) is 0 Å². The van der Waals surface area contributed by atoms with Crippen molar-refractivity contribution in [2.24, 2.45) is 0 Å². The van der Waals surface area contributed by atoms with Gasteiger partial charge in [0.2, 0.25) is 0 Å². The zero-order valence-corrected chi connectivity index (χ0v) is 28.8. The van der Waals surface area contributed by atoms with Crippen LogP contribution in [-0.4, -0.2) is 8.07 Å². The molecule has 0 saturated carbocycles. The maximum absolute atomic E-state index is 3.60. The van der Waals surface area contributed by atoms with E-state index in [1.807, 2.05) is 0 Å². The summed E-state index contributed by atoms with van der Waals surface area (Å²) < 4.78 is 0. The van der Waals surface area contributed by atoms with Crippen molar-refractivity contribution in [1.29, 1.82) is 0 Å². The Kier molecular flexibility index (Phi) is 11.3. The third-order valence-electron chi connectivity index (χ3n) is 7.91. The topological polar surface area (TPSA) is 0 Å². The molecule has 0 aromatic heterocycles. The monoisotopic (exact) mass is 618 g/mol. The van der Waals surface area contributed by atoms with E-state index < -0.39 is 8.07 Å². The summed E-state index contributed by atoms with van der Waals surface area (Å²) in [5, 5.41) is 14.4. The first-order valence-corrected chi connectivity index (χ1v) is 17.5. The van der Waals surface area contributed by atoms with E-state index >= 15 is 0 Å². The van der Waals surface area contributed by atoms with Gasteiger partial charge in [0.1, 0.15) is 0 Å². The first kappa shape index (κ1) is 32.2. The number of unbranched alkanes of at least 4 members (excludes halogenated alkanes) is 2. The molecule has 6 aromatic rings. The van der Waals surface area contributed by atoms with E-state index in [0.717, 1.165) is 12.8 Å². The van der Waals surface area contributed by atoms with E-state index in [2.05, 4.69) is 140 Å². The smallest absolute Gasteiger partial charge is 0.343 e. The molecule has 40 heavy (non-hydrogen) atoms. The first-order chi connectivity index (χ1) is 18.8. The van der Waals surface area contributed by atoms with Crippen LogP contribution in [0.4, 0.5) is 0 Å². The van der Waals surface area contributed by atoms with Crippen molar-refractivity contribution in [3.63, 3.8) is 0 Å². The van der Waals surface area contributed by atoms with Gasteiger partial charge in [0, 0.05) is 8.07 Å². The van der Waals surface area contributed by atoms with Crippen LogP contribution >= 0.6 is 0 Å². The van der Waals surface area contributed by atoms with E-state index in [-0.39, 0.29) is 26.2 Å². The number of benzene rings is 4. The number of aryl methyl sites for hydroxylation is 2. The molecule has 0 unspecified atom stereocenters. The normalized spacial score (nSPS) is 11.2. The van der Waals surface area contributed by atoms with Gasteiger partial charge in [-0.25, -0.2) is 0 Å². The minimum absolute atomic E-state index is 0. The molecule has 0 aliphatic heterocycles. The first-order valence-electron chi connectivity index (χ1n) is 14.5. The van der Waals surface area contributed by atoms with Crippen molar-refractivity contribution >= 4 is 61.5 Å². The Morgan fingerprint density at radius 2 is 0.950 bits per heavy atom. The molecule has 0 bridgehead atoms. The van der Waals surface area contributed by atoms with Gasteiger partial charge in [-0.1, -0.05) is 125 Å². The molecular formula is C38H44SiZr. The van der Waals surface area contributed by atoms with Gasteiger partial charge in [-0.05, 0) is 10.8 Å². The van der Waals surface area contributed by atoms with E-state index in [9.17, 15) is 0 Å². The van der Waals surface area contributed by atoms with E-state index in [1.165, 1.54) is 67.1 Å². The SMILES string of the molecule is Cc1[cH-]c2ccc3ccccc3c2c1[Si](C)(C)c1c(C)[cH-]c2ccc3ccccc3c12.[CH2-]CCC.[CH2-]CCC.[Zr+4]. The zero-order chi connectivity index (χ0) is 28.2. The Bertz CT molecular complexity index is 1570. The Morgan fingerprint density at radius 3 is 1.30 bits per heavy atom. The summed E-state index contributed by atoms with van der Waals surface area (Å²) in [5.74, 6) is 0. The molecule has 0 N–H and O–H groups in total. The molecule has 0 aliphatic rings. The molecule has 0 heterocycles. The molecule has 0 saturated heterocycles. The summed E-state index contributed by atoms with van der Waals surface area (Å²) in [6.45, 7) is 21.2. The van der Waals surface area contributed by atoms with Crippen molar-refractivity contribution in [2.45, 2.75) is 66.5 Å². The summed E-state index contributed by atoms with van der Waals surface area (Å²) >= 11 is 0. The molecular weight excluding hydrogens is 576 g/mol. The Hall–Kier alpha value is -2.28. The molecule has 204 valence electrons. The van der Waals surface area contributed by atoms with Crippen LogP contribution in [0, 0.1) is 27.7 Å². The second-order valence-corrected chi connectivity index (χ2v) is 15.5. The Morgan fingerprint density at radius 1 is 0.600 bits per heavy atom. The molecule has 6 rings (SSSR count). The predicted octanol–water partition coefficient (Wildman–Crippen LogP) is 10.4. The molecule has 0 fully saturated rings. The maximum atomic E-state index is 3.60.